The third-order valence-corrected chi connectivity index (χ3v) is 2.22. The molecule has 3 heteroatoms. The molecular weight excluding hydrogens is 128 g/mol. The lowest BCUT2D eigenvalue weighted by molar-refractivity contribution is -0.0991. The number of nitrogens with one attached hydrogen (secondary N) is 2. The van der Waals surface area contributed by atoms with Crippen LogP contribution in [0.2, 0.25) is 0 Å². The Hall–Kier alpha value is -0.120. The van der Waals surface area contributed by atoms with Gasteiger partial charge in [-0.3, -0.25) is 5.32 Å². The van der Waals surface area contributed by atoms with Crippen molar-refractivity contribution < 1.29 is 4.74 Å². The normalized spacial score (nSPS) is 47.1. The van der Waals surface area contributed by atoms with E-state index >= 15 is 0 Å². The van der Waals surface area contributed by atoms with Gasteiger partial charge < -0.3 is 10.1 Å². The predicted molar refractivity (Wildman–Crippen MR) is 38.7 cm³/mol. The maximum absolute atomic E-state index is 5.29. The molecule has 0 aromatic rings. The van der Waals surface area contributed by atoms with Crippen LogP contribution in [0.1, 0.15) is 6.92 Å². The molecule has 0 radical (unpaired) electrons. The Labute approximate surface area is 61.1 Å². The Morgan fingerprint density at radius 1 is 1.30 bits per heavy atom. The van der Waals surface area contributed by atoms with E-state index in [4.69, 9.17) is 4.74 Å². The molecule has 2 rings (SSSR count). The zero-order valence-corrected chi connectivity index (χ0v) is 6.26. The second-order valence-corrected chi connectivity index (χ2v) is 3.28. The van der Waals surface area contributed by atoms with Crippen LogP contribution >= 0.6 is 0 Å². The van der Waals surface area contributed by atoms with E-state index in [-0.39, 0.29) is 0 Å². The summed E-state index contributed by atoms with van der Waals surface area (Å²) in [6, 6.07) is 0.574. The van der Waals surface area contributed by atoms with E-state index in [0.717, 1.165) is 25.6 Å². The number of hydrogen-bond acceptors (Lipinski definition) is 3. The van der Waals surface area contributed by atoms with Gasteiger partial charge in [0.1, 0.15) is 6.23 Å². The SMILES string of the molecule is CC1CNC2COC2NC1. The fraction of sp³-hybridized carbons (Fsp3) is 1.00. The summed E-state index contributed by atoms with van der Waals surface area (Å²) in [4.78, 5) is 0. The van der Waals surface area contributed by atoms with Crippen molar-refractivity contribution in [2.45, 2.75) is 19.2 Å². The Balaban J connectivity index is 1.91. The third-order valence-electron chi connectivity index (χ3n) is 2.22. The minimum atomic E-state index is 0.296. The maximum atomic E-state index is 5.29. The molecule has 2 fully saturated rings. The fourth-order valence-electron chi connectivity index (χ4n) is 1.40. The van der Waals surface area contributed by atoms with Crippen molar-refractivity contribution in [3.8, 4) is 0 Å². The van der Waals surface area contributed by atoms with Gasteiger partial charge >= 0.3 is 0 Å². The summed E-state index contributed by atoms with van der Waals surface area (Å²) in [6.45, 7) is 5.32. The van der Waals surface area contributed by atoms with Gasteiger partial charge in [0, 0.05) is 6.54 Å². The highest BCUT2D eigenvalue weighted by Crippen LogP contribution is 2.12. The summed E-state index contributed by atoms with van der Waals surface area (Å²) in [7, 11) is 0. The van der Waals surface area contributed by atoms with Crippen molar-refractivity contribution in [1.82, 2.24) is 10.6 Å². The number of hydrogen-bond donors (Lipinski definition) is 2. The number of fused-ring (bicyclic) bond motifs is 1. The van der Waals surface area contributed by atoms with E-state index in [1.807, 2.05) is 0 Å². The van der Waals surface area contributed by atoms with Crippen LogP contribution in [0, 0.1) is 5.92 Å². The van der Waals surface area contributed by atoms with Gasteiger partial charge in [0.25, 0.3) is 0 Å². The largest absolute Gasteiger partial charge is 0.360 e. The van der Waals surface area contributed by atoms with Crippen molar-refractivity contribution in [3.05, 3.63) is 0 Å². The van der Waals surface area contributed by atoms with E-state index < -0.39 is 0 Å². The van der Waals surface area contributed by atoms with E-state index in [1.54, 1.807) is 0 Å². The quantitative estimate of drug-likeness (QED) is 0.480. The summed E-state index contributed by atoms with van der Waals surface area (Å²) in [5.74, 6) is 0.731. The van der Waals surface area contributed by atoms with Crippen molar-refractivity contribution in [2.24, 2.45) is 5.92 Å². The molecule has 2 saturated heterocycles. The van der Waals surface area contributed by atoms with E-state index in [0.29, 0.717) is 12.3 Å². The van der Waals surface area contributed by atoms with Crippen molar-refractivity contribution in [2.75, 3.05) is 19.7 Å². The highest BCUT2D eigenvalue weighted by atomic mass is 16.5. The van der Waals surface area contributed by atoms with Gasteiger partial charge in [-0.2, -0.15) is 0 Å². The molecule has 0 bridgehead atoms. The zero-order valence-electron chi connectivity index (χ0n) is 6.26. The molecule has 0 aliphatic carbocycles. The molecule has 0 amide bonds. The first-order chi connectivity index (χ1) is 4.86. The molecule has 0 spiro atoms. The van der Waals surface area contributed by atoms with Crippen LogP contribution in [-0.2, 0) is 4.74 Å². The molecule has 3 nitrogen and oxygen atoms in total. The standard InChI is InChI=1S/C7H14N2O/c1-5-2-8-6-4-10-7(6)9-3-5/h5-9H,2-4H2,1H3. The van der Waals surface area contributed by atoms with Crippen LogP contribution in [0.5, 0.6) is 0 Å². The molecule has 2 N–H and O–H groups in total. The molecule has 2 aliphatic rings. The average molecular weight is 142 g/mol. The second-order valence-electron chi connectivity index (χ2n) is 3.28. The Kier molecular flexibility index (Phi) is 1.64. The summed E-state index contributed by atoms with van der Waals surface area (Å²) >= 11 is 0. The van der Waals surface area contributed by atoms with Gasteiger partial charge in [-0.15, -0.1) is 0 Å². The molecule has 58 valence electrons. The first kappa shape index (κ1) is 6.58. The Morgan fingerprint density at radius 3 is 2.80 bits per heavy atom. The van der Waals surface area contributed by atoms with E-state index in [9.17, 15) is 0 Å². The van der Waals surface area contributed by atoms with Gasteiger partial charge in [-0.1, -0.05) is 6.92 Å². The molecule has 3 unspecified atom stereocenters. The van der Waals surface area contributed by atoms with E-state index in [1.165, 1.54) is 0 Å². The zero-order chi connectivity index (χ0) is 6.97. The van der Waals surface area contributed by atoms with Crippen LogP contribution in [-0.4, -0.2) is 32.0 Å². The van der Waals surface area contributed by atoms with Crippen LogP contribution in [0.15, 0.2) is 0 Å². The molecule has 10 heavy (non-hydrogen) atoms. The monoisotopic (exact) mass is 142 g/mol. The number of rotatable bonds is 0. The predicted octanol–water partition coefficient (Wildman–Crippen LogP) is -0.460. The lowest BCUT2D eigenvalue weighted by Gasteiger charge is -2.35. The van der Waals surface area contributed by atoms with Crippen LogP contribution in [0.25, 0.3) is 0 Å². The second kappa shape index (κ2) is 2.49. The van der Waals surface area contributed by atoms with Crippen LogP contribution < -0.4 is 10.6 Å². The first-order valence-electron chi connectivity index (χ1n) is 3.94. The van der Waals surface area contributed by atoms with Crippen molar-refractivity contribution in [3.63, 3.8) is 0 Å². The smallest absolute Gasteiger partial charge is 0.125 e. The lowest BCUT2D eigenvalue weighted by atomic mass is 10.2. The van der Waals surface area contributed by atoms with Crippen molar-refractivity contribution in [1.29, 1.82) is 0 Å². The van der Waals surface area contributed by atoms with E-state index in [2.05, 4.69) is 17.6 Å². The summed E-state index contributed by atoms with van der Waals surface area (Å²) in [5.41, 5.74) is 0. The van der Waals surface area contributed by atoms with Gasteiger partial charge in [-0.05, 0) is 12.5 Å². The topological polar surface area (TPSA) is 33.3 Å². The summed E-state index contributed by atoms with van der Waals surface area (Å²) < 4.78 is 5.29. The van der Waals surface area contributed by atoms with Crippen LogP contribution in [0.4, 0.5) is 0 Å². The van der Waals surface area contributed by atoms with Crippen LogP contribution in [0.3, 0.4) is 0 Å². The average Bonchev–Trinajstić information content (AvgIpc) is 1.94. The summed E-state index contributed by atoms with van der Waals surface area (Å²) in [5, 5.41) is 6.79. The molecule has 2 heterocycles. The number of ether oxygens (including phenoxy) is 1. The van der Waals surface area contributed by atoms with Gasteiger partial charge in [-0.25, -0.2) is 0 Å². The summed E-state index contributed by atoms with van der Waals surface area (Å²) in [6.07, 6.45) is 0.296. The van der Waals surface area contributed by atoms with Gasteiger partial charge in [0.2, 0.25) is 0 Å². The fourth-order valence-corrected chi connectivity index (χ4v) is 1.40. The Morgan fingerprint density at radius 2 is 2.10 bits per heavy atom. The van der Waals surface area contributed by atoms with Crippen molar-refractivity contribution >= 4 is 0 Å². The molecule has 0 aromatic carbocycles. The third kappa shape index (κ3) is 1.05. The molecular formula is C7H14N2O. The van der Waals surface area contributed by atoms with Gasteiger partial charge in [0.05, 0.1) is 12.6 Å². The van der Waals surface area contributed by atoms with Gasteiger partial charge in [0.15, 0.2) is 0 Å². The minimum Gasteiger partial charge on any atom is -0.360 e. The minimum absolute atomic E-state index is 0.296. The lowest BCUT2D eigenvalue weighted by Crippen LogP contribution is -2.58. The Bertz CT molecular complexity index is 115. The molecule has 0 aromatic heterocycles. The molecule has 0 saturated carbocycles. The highest BCUT2D eigenvalue weighted by molar-refractivity contribution is 4.87. The maximum Gasteiger partial charge on any atom is 0.125 e. The highest BCUT2D eigenvalue weighted by Gasteiger charge is 2.33. The molecule has 2 aliphatic heterocycles. The molecule has 3 atom stereocenters. The first-order valence-corrected chi connectivity index (χ1v) is 3.94.